The molecular formula is C15H24ClN. The highest BCUT2D eigenvalue weighted by Gasteiger charge is 2.10. The van der Waals surface area contributed by atoms with Crippen molar-refractivity contribution in [1.82, 2.24) is 5.32 Å². The van der Waals surface area contributed by atoms with Crippen LogP contribution in [0.2, 0.25) is 5.02 Å². The average Bonchev–Trinajstić information content (AvgIpc) is 2.23. The van der Waals surface area contributed by atoms with E-state index in [0.717, 1.165) is 11.6 Å². The SMILES string of the molecule is CC(NCCCC(C)(C)C)c1cccc(Cl)c1. The molecule has 0 bridgehead atoms. The molecule has 1 aromatic carbocycles. The summed E-state index contributed by atoms with van der Waals surface area (Å²) >= 11 is 5.98. The quantitative estimate of drug-likeness (QED) is 0.742. The first kappa shape index (κ1) is 14.5. The van der Waals surface area contributed by atoms with Crippen LogP contribution in [-0.2, 0) is 0 Å². The van der Waals surface area contributed by atoms with Crippen molar-refractivity contribution < 1.29 is 0 Å². The van der Waals surface area contributed by atoms with E-state index in [0.29, 0.717) is 11.5 Å². The van der Waals surface area contributed by atoms with Crippen molar-refractivity contribution in [1.29, 1.82) is 0 Å². The number of hydrogen-bond acceptors (Lipinski definition) is 1. The van der Waals surface area contributed by atoms with Crippen LogP contribution in [0.4, 0.5) is 0 Å². The average molecular weight is 254 g/mol. The molecule has 0 aliphatic carbocycles. The Morgan fingerprint density at radius 2 is 2.00 bits per heavy atom. The Labute approximate surface area is 111 Å². The Balaban J connectivity index is 2.33. The molecule has 0 aromatic heterocycles. The highest BCUT2D eigenvalue weighted by molar-refractivity contribution is 6.30. The minimum atomic E-state index is 0.369. The largest absolute Gasteiger partial charge is 0.310 e. The van der Waals surface area contributed by atoms with Crippen LogP contribution in [0.1, 0.15) is 52.1 Å². The molecule has 17 heavy (non-hydrogen) atoms. The van der Waals surface area contributed by atoms with Crippen LogP contribution in [0.25, 0.3) is 0 Å². The van der Waals surface area contributed by atoms with Crippen LogP contribution in [0.3, 0.4) is 0 Å². The maximum atomic E-state index is 5.98. The topological polar surface area (TPSA) is 12.0 Å². The fourth-order valence-corrected chi connectivity index (χ4v) is 2.03. The molecule has 0 heterocycles. The third-order valence-electron chi connectivity index (χ3n) is 2.90. The molecule has 0 aliphatic rings. The number of nitrogens with one attached hydrogen (secondary N) is 1. The number of hydrogen-bond donors (Lipinski definition) is 1. The van der Waals surface area contributed by atoms with Crippen molar-refractivity contribution >= 4 is 11.6 Å². The molecule has 1 N–H and O–H groups in total. The van der Waals surface area contributed by atoms with Crippen LogP contribution in [0, 0.1) is 5.41 Å². The molecule has 1 rings (SSSR count). The zero-order valence-electron chi connectivity index (χ0n) is 11.4. The third kappa shape index (κ3) is 6.09. The zero-order valence-corrected chi connectivity index (χ0v) is 12.1. The fourth-order valence-electron chi connectivity index (χ4n) is 1.83. The minimum Gasteiger partial charge on any atom is -0.310 e. The van der Waals surface area contributed by atoms with Crippen molar-refractivity contribution in [2.75, 3.05) is 6.54 Å². The molecule has 0 fully saturated rings. The second-order valence-corrected chi connectivity index (χ2v) is 6.33. The van der Waals surface area contributed by atoms with Gasteiger partial charge in [-0.1, -0.05) is 44.5 Å². The second-order valence-electron chi connectivity index (χ2n) is 5.90. The van der Waals surface area contributed by atoms with Crippen molar-refractivity contribution in [2.45, 2.75) is 46.6 Å². The predicted molar refractivity (Wildman–Crippen MR) is 76.6 cm³/mol. The van der Waals surface area contributed by atoms with Crippen molar-refractivity contribution in [2.24, 2.45) is 5.41 Å². The zero-order chi connectivity index (χ0) is 12.9. The van der Waals surface area contributed by atoms with Gasteiger partial charge in [0.1, 0.15) is 0 Å². The van der Waals surface area contributed by atoms with Gasteiger partial charge in [-0.15, -0.1) is 0 Å². The highest BCUT2D eigenvalue weighted by atomic mass is 35.5. The van der Waals surface area contributed by atoms with E-state index in [1.807, 2.05) is 18.2 Å². The Bertz CT molecular complexity index is 341. The molecule has 0 amide bonds. The van der Waals surface area contributed by atoms with Crippen molar-refractivity contribution in [3.63, 3.8) is 0 Å². The fraction of sp³-hybridized carbons (Fsp3) is 0.600. The first-order valence-electron chi connectivity index (χ1n) is 6.37. The standard InChI is InChI=1S/C15H24ClN/c1-12(13-7-5-8-14(16)11-13)17-10-6-9-15(2,3)4/h5,7-8,11-12,17H,6,9-10H2,1-4H3. The van der Waals surface area contributed by atoms with Crippen LogP contribution in [0.5, 0.6) is 0 Å². The summed E-state index contributed by atoms with van der Waals surface area (Å²) in [5.74, 6) is 0. The number of rotatable bonds is 5. The lowest BCUT2D eigenvalue weighted by Crippen LogP contribution is -2.21. The summed E-state index contributed by atoms with van der Waals surface area (Å²) < 4.78 is 0. The lowest BCUT2D eigenvalue weighted by atomic mass is 9.90. The Morgan fingerprint density at radius 1 is 1.29 bits per heavy atom. The van der Waals surface area contributed by atoms with Gasteiger partial charge in [-0.2, -0.15) is 0 Å². The molecule has 2 heteroatoms. The van der Waals surface area contributed by atoms with Crippen LogP contribution in [-0.4, -0.2) is 6.54 Å². The number of halogens is 1. The molecule has 1 nitrogen and oxygen atoms in total. The monoisotopic (exact) mass is 253 g/mol. The van der Waals surface area contributed by atoms with Gasteiger partial charge in [0, 0.05) is 11.1 Å². The van der Waals surface area contributed by atoms with E-state index in [4.69, 9.17) is 11.6 Å². The summed E-state index contributed by atoms with van der Waals surface area (Å²) in [6.45, 7) is 10.1. The second kappa shape index (κ2) is 6.42. The smallest absolute Gasteiger partial charge is 0.0409 e. The lowest BCUT2D eigenvalue weighted by molar-refractivity contribution is 0.357. The molecule has 0 saturated carbocycles. The summed E-state index contributed by atoms with van der Waals surface area (Å²) in [4.78, 5) is 0. The normalized spacial score (nSPS) is 13.7. The van der Waals surface area contributed by atoms with Gasteiger partial charge in [0.25, 0.3) is 0 Å². The van der Waals surface area contributed by atoms with E-state index in [9.17, 15) is 0 Å². The summed E-state index contributed by atoms with van der Waals surface area (Å²) in [6.07, 6.45) is 2.47. The van der Waals surface area contributed by atoms with Gasteiger partial charge in [-0.05, 0) is 49.4 Å². The summed E-state index contributed by atoms with van der Waals surface area (Å²) in [5, 5.41) is 4.35. The molecule has 1 aromatic rings. The van der Waals surface area contributed by atoms with Crippen molar-refractivity contribution in [3.8, 4) is 0 Å². The summed E-state index contributed by atoms with van der Waals surface area (Å²) in [6, 6.07) is 8.44. The van der Waals surface area contributed by atoms with Crippen LogP contribution < -0.4 is 5.32 Å². The van der Waals surface area contributed by atoms with E-state index in [-0.39, 0.29) is 0 Å². The molecule has 96 valence electrons. The van der Waals surface area contributed by atoms with Gasteiger partial charge in [-0.3, -0.25) is 0 Å². The predicted octanol–water partition coefficient (Wildman–Crippen LogP) is 4.82. The van der Waals surface area contributed by atoms with Gasteiger partial charge < -0.3 is 5.32 Å². The summed E-state index contributed by atoms with van der Waals surface area (Å²) in [5.41, 5.74) is 1.69. The minimum absolute atomic E-state index is 0.369. The van der Waals surface area contributed by atoms with Gasteiger partial charge >= 0.3 is 0 Å². The highest BCUT2D eigenvalue weighted by Crippen LogP contribution is 2.21. The van der Waals surface area contributed by atoms with Gasteiger partial charge in [-0.25, -0.2) is 0 Å². The molecule has 0 spiro atoms. The van der Waals surface area contributed by atoms with E-state index in [2.05, 4.69) is 39.1 Å². The first-order valence-corrected chi connectivity index (χ1v) is 6.75. The summed E-state index contributed by atoms with van der Waals surface area (Å²) in [7, 11) is 0. The molecule has 0 aliphatic heterocycles. The Morgan fingerprint density at radius 3 is 2.59 bits per heavy atom. The van der Waals surface area contributed by atoms with Crippen LogP contribution in [0.15, 0.2) is 24.3 Å². The van der Waals surface area contributed by atoms with Crippen molar-refractivity contribution in [3.05, 3.63) is 34.9 Å². The first-order chi connectivity index (χ1) is 7.88. The third-order valence-corrected chi connectivity index (χ3v) is 3.14. The molecule has 1 unspecified atom stereocenters. The van der Waals surface area contributed by atoms with Gasteiger partial charge in [0.05, 0.1) is 0 Å². The van der Waals surface area contributed by atoms with Gasteiger partial charge in [0.15, 0.2) is 0 Å². The number of benzene rings is 1. The van der Waals surface area contributed by atoms with E-state index < -0.39 is 0 Å². The Hall–Kier alpha value is -0.530. The van der Waals surface area contributed by atoms with Gasteiger partial charge in [0.2, 0.25) is 0 Å². The molecule has 0 radical (unpaired) electrons. The molecule has 1 atom stereocenters. The van der Waals surface area contributed by atoms with E-state index in [1.54, 1.807) is 0 Å². The molecular weight excluding hydrogens is 230 g/mol. The van der Waals surface area contributed by atoms with E-state index in [1.165, 1.54) is 18.4 Å². The molecule has 0 saturated heterocycles. The lowest BCUT2D eigenvalue weighted by Gasteiger charge is -2.19. The van der Waals surface area contributed by atoms with Crippen LogP contribution >= 0.6 is 11.6 Å². The maximum absolute atomic E-state index is 5.98. The maximum Gasteiger partial charge on any atom is 0.0409 e. The Kier molecular flexibility index (Phi) is 5.48. The van der Waals surface area contributed by atoms with E-state index >= 15 is 0 Å².